The molecule has 0 heterocycles. The van der Waals surface area contributed by atoms with E-state index in [1.165, 1.54) is 44.9 Å². The third-order valence-electron chi connectivity index (χ3n) is 4.97. The molecule has 0 radical (unpaired) electrons. The van der Waals surface area contributed by atoms with E-state index in [1.807, 2.05) is 0 Å². The molecule has 178 valence electrons. The Hall–Kier alpha value is -0.190. The summed E-state index contributed by atoms with van der Waals surface area (Å²) in [6.07, 6.45) is 10.3. The summed E-state index contributed by atoms with van der Waals surface area (Å²) in [4.78, 5) is 22.3. The third-order valence-corrected chi connectivity index (χ3v) is 5.78. The van der Waals surface area contributed by atoms with Crippen LogP contribution in [0.5, 0.6) is 0 Å². The van der Waals surface area contributed by atoms with Crippen molar-refractivity contribution in [3.8, 4) is 0 Å². The molecular formula is C21H39NaO8S. The van der Waals surface area contributed by atoms with E-state index in [9.17, 15) is 28.2 Å². The monoisotopic (exact) mass is 474 g/mol. The number of unbranched alkanes of at least 4 members (excludes halogenated alkanes) is 10. The Bertz CT molecular complexity index is 568. The fourth-order valence-electron chi connectivity index (χ4n) is 3.28. The number of carbonyl (C=O) groups excluding carboxylic acids is 2. The van der Waals surface area contributed by atoms with Crippen molar-refractivity contribution in [1.29, 1.82) is 0 Å². The molecule has 0 bridgehead atoms. The van der Waals surface area contributed by atoms with Crippen LogP contribution in [0.3, 0.4) is 0 Å². The van der Waals surface area contributed by atoms with E-state index in [2.05, 4.69) is 6.92 Å². The Morgan fingerprint density at radius 3 is 1.77 bits per heavy atom. The summed E-state index contributed by atoms with van der Waals surface area (Å²) in [5.74, 6) is -3.06. The molecule has 0 fully saturated rings. The van der Waals surface area contributed by atoms with Gasteiger partial charge in [-0.25, -0.2) is 4.79 Å². The third kappa shape index (κ3) is 22.8. The van der Waals surface area contributed by atoms with E-state index in [0.717, 1.165) is 25.7 Å². The van der Waals surface area contributed by atoms with Gasteiger partial charge in [0.15, 0.2) is 6.10 Å². The predicted octanol–water partition coefficient (Wildman–Crippen LogP) is -0.228. The van der Waals surface area contributed by atoms with E-state index in [1.54, 1.807) is 0 Å². The van der Waals surface area contributed by atoms with Crippen LogP contribution in [0, 0.1) is 0 Å². The van der Waals surface area contributed by atoms with E-state index in [4.69, 9.17) is 9.29 Å². The zero-order valence-corrected chi connectivity index (χ0v) is 22.0. The van der Waals surface area contributed by atoms with Gasteiger partial charge in [-0.2, -0.15) is 8.42 Å². The van der Waals surface area contributed by atoms with Gasteiger partial charge in [0.05, 0.1) is 5.75 Å². The van der Waals surface area contributed by atoms with Crippen LogP contribution in [0.1, 0.15) is 103 Å². The SMILES string of the molecule is CCCCCCCCCCCCCC(CCCS(=O)(=O)O)OC(=O)C(O)CC(=O)[O-].[Na+]. The molecule has 0 aromatic heterocycles. The molecule has 0 aromatic carbocycles. The van der Waals surface area contributed by atoms with Crippen molar-refractivity contribution in [2.24, 2.45) is 0 Å². The molecule has 0 aliphatic rings. The molecule has 0 spiro atoms. The van der Waals surface area contributed by atoms with E-state index < -0.39 is 46.4 Å². The van der Waals surface area contributed by atoms with Crippen LogP contribution in [-0.4, -0.2) is 48.0 Å². The maximum Gasteiger partial charge on any atom is 1.00 e. The maximum atomic E-state index is 11.8. The Balaban J connectivity index is 0. The fraction of sp³-hybridized carbons (Fsp3) is 0.905. The minimum atomic E-state index is -4.10. The molecular weight excluding hydrogens is 435 g/mol. The van der Waals surface area contributed by atoms with Crippen LogP contribution >= 0.6 is 0 Å². The number of aliphatic hydroxyl groups excluding tert-OH is 1. The zero-order chi connectivity index (χ0) is 22.8. The maximum absolute atomic E-state index is 11.8. The molecule has 0 aliphatic heterocycles. The van der Waals surface area contributed by atoms with Crippen molar-refractivity contribution < 1.29 is 67.1 Å². The standard InChI is InChI=1S/C21H40O8S.Na/c1-2-3-4-5-6-7-8-9-10-11-12-14-18(15-13-16-30(26,27)28)29-21(25)19(22)17-20(23)24;/h18-19,22H,2-17H2,1H3,(H,23,24)(H,26,27,28);/q;+1/p-1. The van der Waals surface area contributed by atoms with Crippen LogP contribution < -0.4 is 34.7 Å². The number of esters is 1. The number of aliphatic carboxylic acids is 1. The topological polar surface area (TPSA) is 141 Å². The number of ether oxygens (including phenoxy) is 1. The van der Waals surface area contributed by atoms with Crippen LogP contribution in [-0.2, 0) is 24.4 Å². The predicted molar refractivity (Wildman–Crippen MR) is 112 cm³/mol. The van der Waals surface area contributed by atoms with Gasteiger partial charge < -0.3 is 19.7 Å². The van der Waals surface area contributed by atoms with E-state index in [0.29, 0.717) is 6.42 Å². The molecule has 2 unspecified atom stereocenters. The molecule has 0 saturated carbocycles. The summed E-state index contributed by atoms with van der Waals surface area (Å²) < 4.78 is 35.7. The van der Waals surface area contributed by atoms with Gasteiger partial charge in [-0.3, -0.25) is 4.55 Å². The van der Waals surface area contributed by atoms with Crippen LogP contribution in [0.25, 0.3) is 0 Å². The summed E-state index contributed by atoms with van der Waals surface area (Å²) >= 11 is 0. The summed E-state index contributed by atoms with van der Waals surface area (Å²) in [6.45, 7) is 2.20. The second-order valence-electron chi connectivity index (χ2n) is 7.90. The van der Waals surface area contributed by atoms with Gasteiger partial charge in [-0.05, 0) is 25.7 Å². The molecule has 0 saturated heterocycles. The summed E-state index contributed by atoms with van der Waals surface area (Å²) in [5.41, 5.74) is 0. The molecule has 2 N–H and O–H groups in total. The first-order chi connectivity index (χ1) is 14.2. The normalized spacial score (nSPS) is 13.3. The van der Waals surface area contributed by atoms with Gasteiger partial charge in [-0.1, -0.05) is 71.1 Å². The quantitative estimate of drug-likeness (QED) is 0.107. The van der Waals surface area contributed by atoms with Crippen LogP contribution in [0.2, 0.25) is 0 Å². The van der Waals surface area contributed by atoms with Gasteiger partial charge in [0.1, 0.15) is 6.10 Å². The van der Waals surface area contributed by atoms with Crippen LogP contribution in [0.15, 0.2) is 0 Å². The number of carbonyl (C=O) groups is 2. The molecule has 8 nitrogen and oxygen atoms in total. The van der Waals surface area contributed by atoms with Crippen LogP contribution in [0.4, 0.5) is 0 Å². The Kier molecular flexibility index (Phi) is 21.7. The minimum absolute atomic E-state index is 0. The van der Waals surface area contributed by atoms with E-state index >= 15 is 0 Å². The number of carboxylic acid groups (broad SMARTS) is 1. The first-order valence-electron chi connectivity index (χ1n) is 11.2. The Morgan fingerprint density at radius 1 is 0.871 bits per heavy atom. The van der Waals surface area contributed by atoms with Crippen molar-refractivity contribution in [2.75, 3.05) is 5.75 Å². The van der Waals surface area contributed by atoms with E-state index in [-0.39, 0.29) is 42.4 Å². The van der Waals surface area contributed by atoms with Crippen molar-refractivity contribution in [1.82, 2.24) is 0 Å². The first kappa shape index (κ1) is 33.0. The molecule has 10 heteroatoms. The van der Waals surface area contributed by atoms with Gasteiger partial charge in [0.2, 0.25) is 0 Å². The molecule has 0 aliphatic carbocycles. The second kappa shape index (κ2) is 20.4. The smallest absolute Gasteiger partial charge is 0.550 e. The first-order valence-corrected chi connectivity index (χ1v) is 12.8. The summed E-state index contributed by atoms with van der Waals surface area (Å²) in [5, 5.41) is 20.0. The van der Waals surface area contributed by atoms with Crippen molar-refractivity contribution in [2.45, 2.75) is 115 Å². The second-order valence-corrected chi connectivity index (χ2v) is 9.48. The van der Waals surface area contributed by atoms with Crippen molar-refractivity contribution >= 4 is 22.1 Å². The molecule has 0 rings (SSSR count). The molecule has 2 atom stereocenters. The Morgan fingerprint density at radius 2 is 1.32 bits per heavy atom. The average Bonchev–Trinajstić information content (AvgIpc) is 2.64. The van der Waals surface area contributed by atoms with Crippen molar-refractivity contribution in [3.63, 3.8) is 0 Å². The van der Waals surface area contributed by atoms with Gasteiger partial charge in [0.25, 0.3) is 10.1 Å². The largest absolute Gasteiger partial charge is 1.00 e. The molecule has 31 heavy (non-hydrogen) atoms. The fourth-order valence-corrected chi connectivity index (χ4v) is 3.81. The number of hydrogen-bond donors (Lipinski definition) is 2. The summed E-state index contributed by atoms with van der Waals surface area (Å²) in [7, 11) is -4.10. The average molecular weight is 475 g/mol. The number of rotatable bonds is 20. The van der Waals surface area contributed by atoms with Gasteiger partial charge >= 0.3 is 35.5 Å². The number of hydrogen-bond acceptors (Lipinski definition) is 7. The molecule has 0 aromatic rings. The number of aliphatic hydroxyl groups is 1. The van der Waals surface area contributed by atoms with Gasteiger partial charge in [0, 0.05) is 12.4 Å². The van der Waals surface area contributed by atoms with Crippen molar-refractivity contribution in [3.05, 3.63) is 0 Å². The Labute approximate surface area is 209 Å². The zero-order valence-electron chi connectivity index (χ0n) is 19.2. The molecule has 0 amide bonds. The van der Waals surface area contributed by atoms with Gasteiger partial charge in [-0.15, -0.1) is 0 Å². The summed E-state index contributed by atoms with van der Waals surface area (Å²) in [6, 6.07) is 0. The minimum Gasteiger partial charge on any atom is -0.550 e. The number of carboxylic acids is 1.